The summed E-state index contributed by atoms with van der Waals surface area (Å²) in [6.45, 7) is 1.11. The van der Waals surface area contributed by atoms with Crippen LogP contribution in [0, 0.1) is 0 Å². The van der Waals surface area contributed by atoms with E-state index in [9.17, 15) is 0 Å². The van der Waals surface area contributed by atoms with Crippen LogP contribution < -0.4 is 5.32 Å². The molecular weight excluding hydrogens is 244 g/mol. The Kier molecular flexibility index (Phi) is 3.31. The smallest absolute Gasteiger partial charge is 0.0233 e. The molecule has 2 saturated heterocycles. The minimum absolute atomic E-state index is 0.775. The van der Waals surface area contributed by atoms with Crippen LogP contribution in [-0.2, 0) is 6.54 Å². The van der Waals surface area contributed by atoms with Crippen molar-refractivity contribution >= 4 is 0 Å². The predicted octanol–water partition coefficient (Wildman–Crippen LogP) is 3.28. The van der Waals surface area contributed by atoms with Gasteiger partial charge in [-0.1, -0.05) is 24.3 Å². The Bertz CT molecular complexity index is 451. The first-order chi connectivity index (χ1) is 9.78. The molecule has 2 aliphatic heterocycles. The SMILES string of the molecule is CN(Cc1ccc(C2CC2)cc1)C1CC2CCC(C1)N2. The van der Waals surface area contributed by atoms with Crippen molar-refractivity contribution in [3.63, 3.8) is 0 Å². The first-order valence-electron chi connectivity index (χ1n) is 8.33. The van der Waals surface area contributed by atoms with Gasteiger partial charge >= 0.3 is 0 Å². The van der Waals surface area contributed by atoms with E-state index < -0.39 is 0 Å². The van der Waals surface area contributed by atoms with Crippen molar-refractivity contribution in [2.24, 2.45) is 0 Å². The molecule has 1 saturated carbocycles. The van der Waals surface area contributed by atoms with E-state index in [0.717, 1.165) is 30.6 Å². The Morgan fingerprint density at radius 3 is 2.25 bits per heavy atom. The van der Waals surface area contributed by atoms with Gasteiger partial charge in [0.1, 0.15) is 0 Å². The van der Waals surface area contributed by atoms with Crippen LogP contribution in [0.3, 0.4) is 0 Å². The normalized spacial score (nSPS) is 32.8. The summed E-state index contributed by atoms with van der Waals surface area (Å²) in [7, 11) is 2.31. The number of hydrogen-bond donors (Lipinski definition) is 1. The zero-order valence-electron chi connectivity index (χ0n) is 12.5. The van der Waals surface area contributed by atoms with E-state index in [1.54, 1.807) is 5.56 Å². The molecule has 1 N–H and O–H groups in total. The fourth-order valence-electron chi connectivity index (χ4n) is 4.12. The summed E-state index contributed by atoms with van der Waals surface area (Å²) >= 11 is 0. The Morgan fingerprint density at radius 2 is 1.65 bits per heavy atom. The van der Waals surface area contributed by atoms with Crippen molar-refractivity contribution in [3.05, 3.63) is 35.4 Å². The van der Waals surface area contributed by atoms with Gasteiger partial charge in [0.25, 0.3) is 0 Å². The van der Waals surface area contributed by atoms with E-state index in [1.807, 2.05) is 0 Å². The number of hydrogen-bond acceptors (Lipinski definition) is 2. The molecule has 2 nitrogen and oxygen atoms in total. The molecule has 1 aromatic carbocycles. The average Bonchev–Trinajstić information content (AvgIpc) is 3.26. The van der Waals surface area contributed by atoms with Crippen LogP contribution in [0.25, 0.3) is 0 Å². The van der Waals surface area contributed by atoms with E-state index in [4.69, 9.17) is 0 Å². The van der Waals surface area contributed by atoms with Gasteiger partial charge in [-0.15, -0.1) is 0 Å². The fourth-order valence-corrected chi connectivity index (χ4v) is 4.12. The van der Waals surface area contributed by atoms with E-state index in [2.05, 4.69) is 41.5 Å². The van der Waals surface area contributed by atoms with E-state index in [0.29, 0.717) is 0 Å². The molecule has 0 radical (unpaired) electrons. The molecule has 0 aromatic heterocycles. The molecule has 3 fully saturated rings. The highest BCUT2D eigenvalue weighted by Crippen LogP contribution is 2.40. The summed E-state index contributed by atoms with van der Waals surface area (Å²) in [5.74, 6) is 0.877. The maximum Gasteiger partial charge on any atom is 0.0233 e. The highest BCUT2D eigenvalue weighted by atomic mass is 15.2. The molecular formula is C18H26N2. The number of piperidine rings is 1. The third kappa shape index (κ3) is 2.64. The summed E-state index contributed by atoms with van der Waals surface area (Å²) in [6, 6.07) is 11.8. The summed E-state index contributed by atoms with van der Waals surface area (Å²) in [6.07, 6.45) is 8.27. The lowest BCUT2D eigenvalue weighted by atomic mass is 9.98. The van der Waals surface area contributed by atoms with Gasteiger partial charge in [-0.3, -0.25) is 4.90 Å². The molecule has 2 bridgehead atoms. The molecule has 0 amide bonds. The summed E-state index contributed by atoms with van der Waals surface area (Å²) in [5, 5.41) is 3.74. The van der Waals surface area contributed by atoms with Crippen LogP contribution in [0.4, 0.5) is 0 Å². The minimum Gasteiger partial charge on any atom is -0.311 e. The van der Waals surface area contributed by atoms with Crippen molar-refractivity contribution in [2.45, 2.75) is 69.1 Å². The van der Waals surface area contributed by atoms with Gasteiger partial charge in [-0.05, 0) is 62.6 Å². The third-order valence-electron chi connectivity index (χ3n) is 5.53. The molecule has 0 spiro atoms. The molecule has 1 aliphatic carbocycles. The van der Waals surface area contributed by atoms with Crippen LogP contribution in [0.15, 0.2) is 24.3 Å². The van der Waals surface area contributed by atoms with Crippen LogP contribution in [0.5, 0.6) is 0 Å². The van der Waals surface area contributed by atoms with E-state index in [1.165, 1.54) is 44.1 Å². The Hall–Kier alpha value is -0.860. The molecule has 108 valence electrons. The Morgan fingerprint density at radius 1 is 1.00 bits per heavy atom. The second-order valence-electron chi connectivity index (χ2n) is 7.19. The Labute approximate surface area is 122 Å². The lowest BCUT2D eigenvalue weighted by molar-refractivity contribution is 0.166. The van der Waals surface area contributed by atoms with Gasteiger partial charge in [-0.2, -0.15) is 0 Å². The monoisotopic (exact) mass is 270 g/mol. The highest BCUT2D eigenvalue weighted by Gasteiger charge is 2.34. The third-order valence-corrected chi connectivity index (χ3v) is 5.53. The van der Waals surface area contributed by atoms with Gasteiger partial charge in [0, 0.05) is 24.7 Å². The maximum atomic E-state index is 3.74. The molecule has 2 heterocycles. The van der Waals surface area contributed by atoms with Crippen LogP contribution in [0.2, 0.25) is 0 Å². The standard InChI is InChI=1S/C18H26N2/c1-20(18-10-16-8-9-17(11-18)19-16)12-13-2-4-14(5-3-13)15-6-7-15/h2-5,15-19H,6-12H2,1H3. The van der Waals surface area contributed by atoms with Crippen molar-refractivity contribution in [3.8, 4) is 0 Å². The van der Waals surface area contributed by atoms with Gasteiger partial charge in [0.15, 0.2) is 0 Å². The van der Waals surface area contributed by atoms with Gasteiger partial charge in [0.05, 0.1) is 0 Å². The largest absolute Gasteiger partial charge is 0.311 e. The quantitative estimate of drug-likeness (QED) is 0.903. The summed E-state index contributed by atoms with van der Waals surface area (Å²) in [4.78, 5) is 2.58. The van der Waals surface area contributed by atoms with Crippen LogP contribution >= 0.6 is 0 Å². The highest BCUT2D eigenvalue weighted by molar-refractivity contribution is 5.28. The molecule has 2 heteroatoms. The minimum atomic E-state index is 0.775. The second kappa shape index (κ2) is 5.16. The Balaban J connectivity index is 1.37. The first kappa shape index (κ1) is 12.8. The molecule has 20 heavy (non-hydrogen) atoms. The van der Waals surface area contributed by atoms with Crippen LogP contribution in [-0.4, -0.2) is 30.1 Å². The summed E-state index contributed by atoms with van der Waals surface area (Å²) in [5.41, 5.74) is 3.03. The zero-order chi connectivity index (χ0) is 13.5. The number of rotatable bonds is 4. The van der Waals surface area contributed by atoms with Crippen molar-refractivity contribution in [2.75, 3.05) is 7.05 Å². The second-order valence-corrected chi connectivity index (χ2v) is 7.19. The first-order valence-corrected chi connectivity index (χ1v) is 8.33. The number of benzene rings is 1. The average molecular weight is 270 g/mol. The van der Waals surface area contributed by atoms with Crippen LogP contribution in [0.1, 0.15) is 55.6 Å². The van der Waals surface area contributed by atoms with Crippen molar-refractivity contribution in [1.82, 2.24) is 10.2 Å². The number of fused-ring (bicyclic) bond motifs is 2. The van der Waals surface area contributed by atoms with Gasteiger partial charge in [-0.25, -0.2) is 0 Å². The number of nitrogens with one attached hydrogen (secondary N) is 1. The summed E-state index contributed by atoms with van der Waals surface area (Å²) < 4.78 is 0. The predicted molar refractivity (Wildman–Crippen MR) is 82.9 cm³/mol. The zero-order valence-corrected chi connectivity index (χ0v) is 12.5. The van der Waals surface area contributed by atoms with E-state index in [-0.39, 0.29) is 0 Å². The van der Waals surface area contributed by atoms with Gasteiger partial charge < -0.3 is 5.32 Å². The lowest BCUT2D eigenvalue weighted by Gasteiger charge is -2.35. The molecule has 1 aromatic rings. The molecule has 2 atom stereocenters. The maximum absolute atomic E-state index is 3.74. The lowest BCUT2D eigenvalue weighted by Crippen LogP contribution is -2.46. The molecule has 2 unspecified atom stereocenters. The number of nitrogens with zero attached hydrogens (tertiary/aromatic N) is 1. The molecule has 4 rings (SSSR count). The topological polar surface area (TPSA) is 15.3 Å². The van der Waals surface area contributed by atoms with Gasteiger partial charge in [0.2, 0.25) is 0 Å². The molecule has 3 aliphatic rings. The van der Waals surface area contributed by atoms with E-state index >= 15 is 0 Å². The fraction of sp³-hybridized carbons (Fsp3) is 0.667. The van der Waals surface area contributed by atoms with Crippen molar-refractivity contribution < 1.29 is 0 Å². The van der Waals surface area contributed by atoms with Crippen molar-refractivity contribution in [1.29, 1.82) is 0 Å².